The number of carbonyl (C=O) groups is 1. The molecule has 5 heteroatoms. The first-order valence-electron chi connectivity index (χ1n) is 4.58. The average Bonchev–Trinajstić information content (AvgIpc) is 2.50. The number of nitrogens with two attached hydrogens (primary N) is 1. The molecule has 0 aromatic carbocycles. The molecule has 0 saturated heterocycles. The van der Waals surface area contributed by atoms with Crippen LogP contribution in [0.25, 0.3) is 0 Å². The summed E-state index contributed by atoms with van der Waals surface area (Å²) in [5.41, 5.74) is 6.58. The van der Waals surface area contributed by atoms with Crippen molar-refractivity contribution in [2.24, 2.45) is 11.7 Å². The molecule has 0 bridgehead atoms. The molecule has 0 saturated carbocycles. The highest BCUT2D eigenvalue weighted by molar-refractivity contribution is 5.94. The Morgan fingerprint density at radius 1 is 1.64 bits per heavy atom. The van der Waals surface area contributed by atoms with E-state index in [9.17, 15) is 4.79 Å². The Morgan fingerprint density at radius 3 is 2.71 bits per heavy atom. The molecule has 1 aromatic heterocycles. The standard InChI is InChI=1S/C9H16N4O/c1-5(2)7(10)9(14)12-8-6(3)4-11-13-8/h4-5,7H,10H2,1-3H3,(H2,11,12,13,14)/t7-/m1/s1. The van der Waals surface area contributed by atoms with E-state index in [1.54, 1.807) is 6.20 Å². The summed E-state index contributed by atoms with van der Waals surface area (Å²) < 4.78 is 0. The maximum absolute atomic E-state index is 11.5. The van der Waals surface area contributed by atoms with Gasteiger partial charge in [0.25, 0.3) is 0 Å². The third kappa shape index (κ3) is 2.32. The Kier molecular flexibility index (Phi) is 3.24. The van der Waals surface area contributed by atoms with Crippen molar-refractivity contribution in [1.29, 1.82) is 0 Å². The van der Waals surface area contributed by atoms with E-state index in [1.807, 2.05) is 20.8 Å². The Labute approximate surface area is 83.1 Å². The predicted molar refractivity (Wildman–Crippen MR) is 54.8 cm³/mol. The number of hydrogen-bond acceptors (Lipinski definition) is 3. The van der Waals surface area contributed by atoms with Crippen LogP contribution >= 0.6 is 0 Å². The van der Waals surface area contributed by atoms with Gasteiger partial charge in [0, 0.05) is 5.56 Å². The van der Waals surface area contributed by atoms with Gasteiger partial charge in [0.15, 0.2) is 0 Å². The van der Waals surface area contributed by atoms with Crippen LogP contribution in [-0.4, -0.2) is 22.1 Å². The van der Waals surface area contributed by atoms with Crippen molar-refractivity contribution in [3.63, 3.8) is 0 Å². The van der Waals surface area contributed by atoms with E-state index in [0.29, 0.717) is 5.82 Å². The van der Waals surface area contributed by atoms with Crippen LogP contribution in [0.5, 0.6) is 0 Å². The number of nitrogens with one attached hydrogen (secondary N) is 2. The summed E-state index contributed by atoms with van der Waals surface area (Å²) in [4.78, 5) is 11.5. The third-order valence-corrected chi connectivity index (χ3v) is 2.10. The first-order chi connectivity index (χ1) is 6.52. The second-order valence-corrected chi connectivity index (χ2v) is 3.69. The van der Waals surface area contributed by atoms with Gasteiger partial charge < -0.3 is 11.1 Å². The summed E-state index contributed by atoms with van der Waals surface area (Å²) in [6.45, 7) is 5.67. The van der Waals surface area contributed by atoms with Crippen LogP contribution in [-0.2, 0) is 4.79 Å². The lowest BCUT2D eigenvalue weighted by Gasteiger charge is -2.14. The number of rotatable bonds is 3. The van der Waals surface area contributed by atoms with Crippen molar-refractivity contribution in [2.45, 2.75) is 26.8 Å². The fraction of sp³-hybridized carbons (Fsp3) is 0.556. The van der Waals surface area contributed by atoms with Crippen LogP contribution in [0.2, 0.25) is 0 Å². The molecule has 0 radical (unpaired) electrons. The molecule has 4 N–H and O–H groups in total. The van der Waals surface area contributed by atoms with Gasteiger partial charge in [0.2, 0.25) is 5.91 Å². The van der Waals surface area contributed by atoms with Crippen molar-refractivity contribution in [3.05, 3.63) is 11.8 Å². The van der Waals surface area contributed by atoms with Gasteiger partial charge in [0.1, 0.15) is 5.82 Å². The van der Waals surface area contributed by atoms with E-state index >= 15 is 0 Å². The molecule has 5 nitrogen and oxygen atoms in total. The molecule has 0 spiro atoms. The topological polar surface area (TPSA) is 83.8 Å². The zero-order chi connectivity index (χ0) is 10.7. The molecular formula is C9H16N4O. The van der Waals surface area contributed by atoms with Crippen LogP contribution < -0.4 is 11.1 Å². The highest BCUT2D eigenvalue weighted by Crippen LogP contribution is 2.09. The fourth-order valence-corrected chi connectivity index (χ4v) is 0.982. The smallest absolute Gasteiger partial charge is 0.242 e. The molecule has 0 aliphatic carbocycles. The fourth-order valence-electron chi connectivity index (χ4n) is 0.982. The number of hydrogen-bond donors (Lipinski definition) is 3. The van der Waals surface area contributed by atoms with Gasteiger partial charge in [0.05, 0.1) is 12.2 Å². The van der Waals surface area contributed by atoms with Gasteiger partial charge in [-0.25, -0.2) is 0 Å². The quantitative estimate of drug-likeness (QED) is 0.663. The van der Waals surface area contributed by atoms with Crippen molar-refractivity contribution in [3.8, 4) is 0 Å². The molecule has 1 aromatic rings. The average molecular weight is 196 g/mol. The van der Waals surface area contributed by atoms with Crippen LogP contribution in [0.3, 0.4) is 0 Å². The molecule has 1 amide bonds. The molecule has 14 heavy (non-hydrogen) atoms. The Hall–Kier alpha value is -1.36. The molecule has 0 unspecified atom stereocenters. The zero-order valence-corrected chi connectivity index (χ0v) is 8.66. The largest absolute Gasteiger partial charge is 0.320 e. The van der Waals surface area contributed by atoms with Gasteiger partial charge in [-0.15, -0.1) is 0 Å². The number of aromatic amines is 1. The number of H-pyrrole nitrogens is 1. The summed E-state index contributed by atoms with van der Waals surface area (Å²) in [7, 11) is 0. The SMILES string of the molecule is Cc1cn[nH]c1NC(=O)[C@H](N)C(C)C. The summed E-state index contributed by atoms with van der Waals surface area (Å²) in [6, 6.07) is -0.488. The minimum atomic E-state index is -0.488. The van der Waals surface area contributed by atoms with Gasteiger partial charge >= 0.3 is 0 Å². The van der Waals surface area contributed by atoms with Gasteiger partial charge in [-0.05, 0) is 12.8 Å². The van der Waals surface area contributed by atoms with Gasteiger partial charge in [-0.2, -0.15) is 5.10 Å². The molecule has 78 valence electrons. The van der Waals surface area contributed by atoms with Gasteiger partial charge in [-0.1, -0.05) is 13.8 Å². The van der Waals surface area contributed by atoms with E-state index in [0.717, 1.165) is 5.56 Å². The number of carbonyl (C=O) groups excluding carboxylic acids is 1. The minimum absolute atomic E-state index is 0.123. The first-order valence-corrected chi connectivity index (χ1v) is 4.58. The van der Waals surface area contributed by atoms with Crippen molar-refractivity contribution < 1.29 is 4.79 Å². The monoisotopic (exact) mass is 196 g/mol. The molecule has 1 rings (SSSR count). The van der Waals surface area contributed by atoms with E-state index in [-0.39, 0.29) is 11.8 Å². The number of anilines is 1. The highest BCUT2D eigenvalue weighted by atomic mass is 16.2. The number of nitrogens with zero attached hydrogens (tertiary/aromatic N) is 1. The highest BCUT2D eigenvalue weighted by Gasteiger charge is 2.18. The van der Waals surface area contributed by atoms with Crippen LogP contribution in [0.15, 0.2) is 6.20 Å². The predicted octanol–water partition coefficient (Wildman–Crippen LogP) is 0.640. The Balaban J connectivity index is 2.62. The Morgan fingerprint density at radius 2 is 2.29 bits per heavy atom. The Bertz CT molecular complexity index is 318. The lowest BCUT2D eigenvalue weighted by molar-refractivity contribution is -0.118. The second kappa shape index (κ2) is 4.23. The molecule has 1 atom stereocenters. The summed E-state index contributed by atoms with van der Waals surface area (Å²) in [5, 5.41) is 9.18. The number of amides is 1. The summed E-state index contributed by atoms with van der Waals surface area (Å²) in [6.07, 6.45) is 1.65. The zero-order valence-electron chi connectivity index (χ0n) is 8.66. The summed E-state index contributed by atoms with van der Waals surface area (Å²) in [5.74, 6) is 0.552. The maximum Gasteiger partial charge on any atom is 0.242 e. The molecule has 1 heterocycles. The second-order valence-electron chi connectivity index (χ2n) is 3.69. The first kappa shape index (κ1) is 10.7. The molecule has 0 aliphatic heterocycles. The van der Waals surface area contributed by atoms with E-state index in [1.165, 1.54) is 0 Å². The maximum atomic E-state index is 11.5. The van der Waals surface area contributed by atoms with Crippen molar-refractivity contribution in [1.82, 2.24) is 10.2 Å². The summed E-state index contributed by atoms with van der Waals surface area (Å²) >= 11 is 0. The molecular weight excluding hydrogens is 180 g/mol. The van der Waals surface area contributed by atoms with E-state index in [2.05, 4.69) is 15.5 Å². The number of aryl methyl sites for hydroxylation is 1. The molecule has 0 fully saturated rings. The lowest BCUT2D eigenvalue weighted by atomic mass is 10.1. The van der Waals surface area contributed by atoms with Crippen LogP contribution in [0, 0.1) is 12.8 Å². The van der Waals surface area contributed by atoms with Crippen molar-refractivity contribution >= 4 is 11.7 Å². The van der Waals surface area contributed by atoms with Crippen LogP contribution in [0.1, 0.15) is 19.4 Å². The molecule has 0 aliphatic rings. The van der Waals surface area contributed by atoms with E-state index in [4.69, 9.17) is 5.73 Å². The van der Waals surface area contributed by atoms with Gasteiger partial charge in [-0.3, -0.25) is 9.89 Å². The van der Waals surface area contributed by atoms with Crippen molar-refractivity contribution in [2.75, 3.05) is 5.32 Å². The lowest BCUT2D eigenvalue weighted by Crippen LogP contribution is -2.39. The van der Waals surface area contributed by atoms with E-state index < -0.39 is 6.04 Å². The normalized spacial score (nSPS) is 12.9. The third-order valence-electron chi connectivity index (χ3n) is 2.10. The van der Waals surface area contributed by atoms with Crippen LogP contribution in [0.4, 0.5) is 5.82 Å². The minimum Gasteiger partial charge on any atom is -0.320 e. The number of aromatic nitrogens is 2.